The second-order valence-corrected chi connectivity index (χ2v) is 11.0. The molecule has 194 valence electrons. The van der Waals surface area contributed by atoms with Gasteiger partial charge in [-0.25, -0.2) is 0 Å². The summed E-state index contributed by atoms with van der Waals surface area (Å²) >= 11 is 0. The molecule has 3 unspecified atom stereocenters. The number of carbonyl (C=O) groups excluding carboxylic acids is 1. The van der Waals surface area contributed by atoms with E-state index in [0.29, 0.717) is 30.7 Å². The fourth-order valence-corrected chi connectivity index (χ4v) is 5.53. The van der Waals surface area contributed by atoms with Crippen LogP contribution in [0.5, 0.6) is 11.5 Å². The Morgan fingerprint density at radius 3 is 2.69 bits per heavy atom. The molecule has 0 saturated heterocycles. The largest absolute Gasteiger partial charge is 0.454 e. The van der Waals surface area contributed by atoms with Crippen LogP contribution in [0.3, 0.4) is 0 Å². The Bertz CT molecular complexity index is 1080. The number of amides is 1. The van der Waals surface area contributed by atoms with Crippen LogP contribution in [0.25, 0.3) is 0 Å². The van der Waals surface area contributed by atoms with Crippen molar-refractivity contribution in [2.45, 2.75) is 72.4 Å². The summed E-state index contributed by atoms with van der Waals surface area (Å²) in [6, 6.07) is 6.05. The van der Waals surface area contributed by atoms with Gasteiger partial charge in [-0.15, -0.1) is 0 Å². The van der Waals surface area contributed by atoms with Gasteiger partial charge < -0.3 is 19.7 Å². The maximum atomic E-state index is 13.4. The number of fused-ring (bicyclic) bond motifs is 1. The number of allylic oxidation sites excluding steroid dienone is 4. The van der Waals surface area contributed by atoms with Crippen molar-refractivity contribution in [1.82, 2.24) is 5.32 Å². The van der Waals surface area contributed by atoms with Gasteiger partial charge in [-0.3, -0.25) is 4.79 Å². The van der Waals surface area contributed by atoms with E-state index >= 15 is 0 Å². The van der Waals surface area contributed by atoms with Crippen molar-refractivity contribution in [2.75, 3.05) is 18.2 Å². The summed E-state index contributed by atoms with van der Waals surface area (Å²) in [6.45, 7) is 14.1. The van der Waals surface area contributed by atoms with Crippen LogP contribution in [0.2, 0.25) is 0 Å². The second-order valence-electron chi connectivity index (χ2n) is 11.0. The number of para-hydroxylation sites is 1. The molecule has 3 atom stereocenters. The Balaban J connectivity index is 1.55. The number of nitrogens with zero attached hydrogens (tertiary/aromatic N) is 1. The van der Waals surface area contributed by atoms with Crippen molar-refractivity contribution in [1.29, 1.82) is 0 Å². The maximum absolute atomic E-state index is 13.4. The smallest absolute Gasteiger partial charge is 0.231 e. The number of nitrogens with one attached hydrogen (secondary N) is 1. The van der Waals surface area contributed by atoms with E-state index in [0.717, 1.165) is 30.0 Å². The standard InChI is InChI=1S/C31H42N2O3/c1-7-23-14-17-31(6,18-15-23)33(26-12-9-13-27-30(26)36-20-35-27)19-16-28(34)32-29-24(21(2)3)10-8-11-25(29)22(4)5/h8-15,17,21-22,24,29H,7,16,18-20H2,1-6H3,(H,32,34). The molecule has 1 N–H and O–H groups in total. The summed E-state index contributed by atoms with van der Waals surface area (Å²) in [6.07, 6.45) is 15.7. The van der Waals surface area contributed by atoms with Crippen LogP contribution in [0, 0.1) is 17.8 Å². The van der Waals surface area contributed by atoms with Crippen LogP contribution in [-0.4, -0.2) is 30.8 Å². The van der Waals surface area contributed by atoms with E-state index in [-0.39, 0.29) is 24.3 Å². The molecule has 0 radical (unpaired) electrons. The quantitative estimate of drug-likeness (QED) is 0.425. The minimum atomic E-state index is -0.267. The molecule has 0 bridgehead atoms. The predicted molar refractivity (Wildman–Crippen MR) is 147 cm³/mol. The van der Waals surface area contributed by atoms with E-state index in [1.807, 2.05) is 12.1 Å². The van der Waals surface area contributed by atoms with E-state index in [2.05, 4.69) is 94.3 Å². The minimum absolute atomic E-state index is 0.0360. The first-order valence-corrected chi connectivity index (χ1v) is 13.5. The first-order valence-electron chi connectivity index (χ1n) is 13.5. The number of hydrogen-bond acceptors (Lipinski definition) is 4. The Morgan fingerprint density at radius 1 is 1.22 bits per heavy atom. The van der Waals surface area contributed by atoms with Crippen molar-refractivity contribution < 1.29 is 14.3 Å². The van der Waals surface area contributed by atoms with Crippen LogP contribution in [0.1, 0.15) is 60.8 Å². The van der Waals surface area contributed by atoms with Gasteiger partial charge in [0, 0.05) is 18.9 Å². The number of rotatable bonds is 9. The highest BCUT2D eigenvalue weighted by Gasteiger charge is 2.35. The predicted octanol–water partition coefficient (Wildman–Crippen LogP) is 6.58. The average molecular weight is 491 g/mol. The van der Waals surface area contributed by atoms with Gasteiger partial charge in [0.25, 0.3) is 0 Å². The maximum Gasteiger partial charge on any atom is 0.231 e. The Hall–Kier alpha value is -2.95. The topological polar surface area (TPSA) is 50.8 Å². The van der Waals surface area contributed by atoms with E-state index in [1.54, 1.807) is 0 Å². The van der Waals surface area contributed by atoms with Crippen LogP contribution >= 0.6 is 0 Å². The molecule has 0 aromatic heterocycles. The number of hydrogen-bond donors (Lipinski definition) is 1. The molecule has 4 rings (SSSR count). The summed E-state index contributed by atoms with van der Waals surface area (Å²) in [5.74, 6) is 2.73. The monoisotopic (exact) mass is 490 g/mol. The number of benzene rings is 1. The van der Waals surface area contributed by atoms with Gasteiger partial charge in [0.2, 0.25) is 12.7 Å². The van der Waals surface area contributed by atoms with Crippen LogP contribution in [0.15, 0.2) is 65.8 Å². The zero-order valence-corrected chi connectivity index (χ0v) is 22.7. The van der Waals surface area contributed by atoms with Crippen molar-refractivity contribution >= 4 is 11.6 Å². The number of carbonyl (C=O) groups is 1. The molecule has 36 heavy (non-hydrogen) atoms. The molecule has 1 heterocycles. The molecule has 0 spiro atoms. The Labute approximate surface area is 216 Å². The lowest BCUT2D eigenvalue weighted by atomic mass is 9.77. The van der Waals surface area contributed by atoms with Gasteiger partial charge in [0.1, 0.15) is 0 Å². The molecular weight excluding hydrogens is 448 g/mol. The molecule has 1 amide bonds. The van der Waals surface area contributed by atoms with Crippen LogP contribution in [0.4, 0.5) is 5.69 Å². The third kappa shape index (κ3) is 5.40. The fraction of sp³-hybridized carbons (Fsp3) is 0.516. The fourth-order valence-electron chi connectivity index (χ4n) is 5.53. The number of ether oxygens (including phenoxy) is 2. The lowest BCUT2D eigenvalue weighted by Gasteiger charge is -2.42. The minimum Gasteiger partial charge on any atom is -0.454 e. The lowest BCUT2D eigenvalue weighted by Crippen LogP contribution is -2.49. The van der Waals surface area contributed by atoms with Crippen molar-refractivity contribution in [3.63, 3.8) is 0 Å². The lowest BCUT2D eigenvalue weighted by molar-refractivity contribution is -0.121. The summed E-state index contributed by atoms with van der Waals surface area (Å²) in [5.41, 5.74) is 3.35. The van der Waals surface area contributed by atoms with Crippen molar-refractivity contribution in [3.05, 3.63) is 65.8 Å². The van der Waals surface area contributed by atoms with Crippen LogP contribution in [-0.2, 0) is 4.79 Å². The molecule has 0 fully saturated rings. The molecule has 2 aliphatic carbocycles. The van der Waals surface area contributed by atoms with Crippen molar-refractivity contribution in [3.8, 4) is 11.5 Å². The normalized spacial score (nSPS) is 24.7. The van der Waals surface area contributed by atoms with Gasteiger partial charge >= 0.3 is 0 Å². The van der Waals surface area contributed by atoms with Crippen molar-refractivity contribution in [2.24, 2.45) is 17.8 Å². The molecule has 5 heteroatoms. The van der Waals surface area contributed by atoms with E-state index in [1.165, 1.54) is 11.1 Å². The van der Waals surface area contributed by atoms with E-state index in [9.17, 15) is 4.79 Å². The highest BCUT2D eigenvalue weighted by atomic mass is 16.7. The first kappa shape index (κ1) is 26.1. The van der Waals surface area contributed by atoms with E-state index < -0.39 is 0 Å². The first-order chi connectivity index (χ1) is 17.2. The van der Waals surface area contributed by atoms with Gasteiger partial charge in [0.05, 0.1) is 17.3 Å². The molecule has 5 nitrogen and oxygen atoms in total. The van der Waals surface area contributed by atoms with Gasteiger partial charge in [-0.1, -0.05) is 82.7 Å². The van der Waals surface area contributed by atoms with Gasteiger partial charge in [-0.2, -0.15) is 0 Å². The second kappa shape index (κ2) is 11.0. The molecular formula is C31H42N2O3. The zero-order valence-electron chi connectivity index (χ0n) is 22.7. The van der Waals surface area contributed by atoms with Gasteiger partial charge in [0.15, 0.2) is 11.5 Å². The van der Waals surface area contributed by atoms with Crippen LogP contribution < -0.4 is 19.7 Å². The third-order valence-electron chi connectivity index (χ3n) is 7.81. The molecule has 1 aromatic rings. The van der Waals surface area contributed by atoms with Gasteiger partial charge in [-0.05, 0) is 49.3 Å². The Morgan fingerprint density at radius 2 is 2.03 bits per heavy atom. The molecule has 1 aromatic carbocycles. The summed E-state index contributed by atoms with van der Waals surface area (Å²) in [4.78, 5) is 15.7. The SMILES string of the molecule is CCC1=CCC(C)(N(CCC(=O)NC2C(C(C)C)=CC=CC2C(C)C)c2cccc3c2OCO3)C=C1. The summed E-state index contributed by atoms with van der Waals surface area (Å²) in [7, 11) is 0. The molecule has 1 aliphatic heterocycles. The Kier molecular flexibility index (Phi) is 7.97. The number of anilines is 1. The molecule has 0 saturated carbocycles. The zero-order chi connectivity index (χ0) is 25.9. The van der Waals surface area contributed by atoms with E-state index in [4.69, 9.17) is 9.47 Å². The summed E-state index contributed by atoms with van der Waals surface area (Å²) in [5, 5.41) is 3.40. The highest BCUT2D eigenvalue weighted by molar-refractivity contribution is 5.78. The highest BCUT2D eigenvalue weighted by Crippen LogP contribution is 2.44. The average Bonchev–Trinajstić information content (AvgIpc) is 3.34. The third-order valence-corrected chi connectivity index (χ3v) is 7.81. The summed E-state index contributed by atoms with van der Waals surface area (Å²) < 4.78 is 11.5. The molecule has 3 aliphatic rings.